The fraction of sp³-hybridized carbons (Fsp3) is 0.316. The highest BCUT2D eigenvalue weighted by Gasteiger charge is 2.05. The smallest absolute Gasteiger partial charge is 0.228 e. The molecule has 0 saturated heterocycles. The van der Waals surface area contributed by atoms with Crippen LogP contribution in [0.3, 0.4) is 0 Å². The molecule has 0 aliphatic carbocycles. The van der Waals surface area contributed by atoms with Crippen molar-refractivity contribution < 1.29 is 4.79 Å². The summed E-state index contributed by atoms with van der Waals surface area (Å²) in [5.41, 5.74) is 2.92. The molecule has 0 aliphatic rings. The summed E-state index contributed by atoms with van der Waals surface area (Å²) < 4.78 is 0. The topological polar surface area (TPSA) is 32.3 Å². The van der Waals surface area contributed by atoms with Crippen LogP contribution in [0.1, 0.15) is 25.3 Å². The first-order valence-corrected chi connectivity index (χ1v) is 8.32. The van der Waals surface area contributed by atoms with Crippen LogP contribution in [0, 0.1) is 0 Å². The predicted molar refractivity (Wildman–Crippen MR) is 98.4 cm³/mol. The summed E-state index contributed by atoms with van der Waals surface area (Å²) >= 11 is 5.85. The van der Waals surface area contributed by atoms with Crippen LogP contribution in [0.5, 0.6) is 0 Å². The van der Waals surface area contributed by atoms with E-state index in [4.69, 9.17) is 11.6 Å². The van der Waals surface area contributed by atoms with E-state index < -0.39 is 0 Å². The predicted octanol–water partition coefficient (Wildman–Crippen LogP) is 4.76. The Hall–Kier alpha value is -2.00. The van der Waals surface area contributed by atoms with E-state index in [-0.39, 0.29) is 5.91 Å². The highest BCUT2D eigenvalue weighted by atomic mass is 35.5. The largest absolute Gasteiger partial charge is 0.375 e. The van der Waals surface area contributed by atoms with Gasteiger partial charge in [0, 0.05) is 30.0 Å². The van der Waals surface area contributed by atoms with Crippen molar-refractivity contribution in [2.45, 2.75) is 26.2 Å². The van der Waals surface area contributed by atoms with Gasteiger partial charge in [-0.2, -0.15) is 0 Å². The number of halogens is 1. The van der Waals surface area contributed by atoms with Gasteiger partial charge in [-0.1, -0.05) is 37.1 Å². The molecule has 0 bridgehead atoms. The molecule has 2 rings (SSSR count). The van der Waals surface area contributed by atoms with Crippen LogP contribution in [0.2, 0.25) is 5.02 Å². The lowest BCUT2D eigenvalue weighted by atomic mass is 10.1. The Kier molecular flexibility index (Phi) is 6.48. The average Bonchev–Trinajstić information content (AvgIpc) is 2.55. The normalized spacial score (nSPS) is 10.4. The molecule has 2 aromatic carbocycles. The molecule has 0 heterocycles. The Morgan fingerprint density at radius 2 is 1.74 bits per heavy atom. The molecule has 2 aromatic rings. The van der Waals surface area contributed by atoms with Crippen molar-refractivity contribution in [1.82, 2.24) is 0 Å². The zero-order chi connectivity index (χ0) is 16.7. The Morgan fingerprint density at radius 3 is 2.35 bits per heavy atom. The monoisotopic (exact) mass is 330 g/mol. The van der Waals surface area contributed by atoms with Crippen molar-refractivity contribution in [3.63, 3.8) is 0 Å². The molecule has 0 fully saturated rings. The highest BCUT2D eigenvalue weighted by molar-refractivity contribution is 6.30. The van der Waals surface area contributed by atoms with Gasteiger partial charge in [-0.3, -0.25) is 4.79 Å². The number of carbonyl (C=O) groups is 1. The van der Waals surface area contributed by atoms with E-state index in [1.54, 1.807) is 12.1 Å². The quantitative estimate of drug-likeness (QED) is 0.794. The van der Waals surface area contributed by atoms with Gasteiger partial charge in [0.2, 0.25) is 5.91 Å². The molecule has 0 unspecified atom stereocenters. The lowest BCUT2D eigenvalue weighted by Crippen LogP contribution is -2.18. The van der Waals surface area contributed by atoms with Crippen LogP contribution >= 0.6 is 11.6 Å². The van der Waals surface area contributed by atoms with Crippen molar-refractivity contribution in [2.24, 2.45) is 0 Å². The van der Waals surface area contributed by atoms with E-state index in [2.05, 4.69) is 24.2 Å². The van der Waals surface area contributed by atoms with Crippen molar-refractivity contribution in [3.8, 4) is 0 Å². The first-order chi connectivity index (χ1) is 11.1. The van der Waals surface area contributed by atoms with Gasteiger partial charge in [0.1, 0.15) is 0 Å². The molecule has 0 atom stereocenters. The molecule has 1 N–H and O–H groups in total. The SMILES string of the molecule is CCCCN(C)c1ccc(NC(=O)Cc2ccc(Cl)cc2)cc1. The van der Waals surface area contributed by atoms with E-state index in [9.17, 15) is 4.79 Å². The van der Waals surface area contributed by atoms with Gasteiger partial charge < -0.3 is 10.2 Å². The van der Waals surface area contributed by atoms with Crippen LogP contribution in [-0.4, -0.2) is 19.5 Å². The Morgan fingerprint density at radius 1 is 1.09 bits per heavy atom. The molecule has 0 aromatic heterocycles. The summed E-state index contributed by atoms with van der Waals surface area (Å²) in [6.07, 6.45) is 2.70. The standard InChI is InChI=1S/C19H23ClN2O/c1-3-4-13-22(2)18-11-9-17(10-12-18)21-19(23)14-15-5-7-16(20)8-6-15/h5-12H,3-4,13-14H2,1-2H3,(H,21,23). The number of nitrogens with one attached hydrogen (secondary N) is 1. The molecule has 0 spiro atoms. The number of hydrogen-bond acceptors (Lipinski definition) is 2. The summed E-state index contributed by atoms with van der Waals surface area (Å²) in [7, 11) is 2.09. The molecular weight excluding hydrogens is 308 g/mol. The number of unbranched alkanes of at least 4 members (excludes halogenated alkanes) is 1. The van der Waals surface area contributed by atoms with Crippen molar-refractivity contribution in [2.75, 3.05) is 23.8 Å². The Labute approximate surface area is 143 Å². The number of hydrogen-bond donors (Lipinski definition) is 1. The summed E-state index contributed by atoms with van der Waals surface area (Å²) in [4.78, 5) is 14.3. The fourth-order valence-electron chi connectivity index (χ4n) is 2.32. The number of amides is 1. The van der Waals surface area contributed by atoms with Crippen molar-refractivity contribution >= 4 is 28.9 Å². The summed E-state index contributed by atoms with van der Waals surface area (Å²) in [5.74, 6) is -0.0283. The Bertz CT molecular complexity index is 623. The second kappa shape index (κ2) is 8.59. The van der Waals surface area contributed by atoms with Crippen molar-refractivity contribution in [1.29, 1.82) is 0 Å². The van der Waals surface area contributed by atoms with E-state index in [1.807, 2.05) is 36.4 Å². The third-order valence-corrected chi connectivity index (χ3v) is 3.97. The van der Waals surface area contributed by atoms with E-state index in [1.165, 1.54) is 12.8 Å². The maximum atomic E-state index is 12.1. The highest BCUT2D eigenvalue weighted by Crippen LogP contribution is 2.18. The molecule has 0 saturated carbocycles. The maximum absolute atomic E-state index is 12.1. The third-order valence-electron chi connectivity index (χ3n) is 3.72. The number of benzene rings is 2. The zero-order valence-corrected chi connectivity index (χ0v) is 14.4. The van der Waals surface area contributed by atoms with E-state index in [0.717, 1.165) is 23.5 Å². The van der Waals surface area contributed by atoms with Crippen LogP contribution in [0.25, 0.3) is 0 Å². The second-order valence-corrected chi connectivity index (χ2v) is 6.11. The third kappa shape index (κ3) is 5.61. The summed E-state index contributed by atoms with van der Waals surface area (Å²) in [6, 6.07) is 15.3. The molecule has 1 amide bonds. The van der Waals surface area contributed by atoms with Gasteiger partial charge in [-0.25, -0.2) is 0 Å². The van der Waals surface area contributed by atoms with Crippen molar-refractivity contribution in [3.05, 3.63) is 59.1 Å². The lowest BCUT2D eigenvalue weighted by Gasteiger charge is -2.19. The van der Waals surface area contributed by atoms with Crippen LogP contribution < -0.4 is 10.2 Å². The van der Waals surface area contributed by atoms with Gasteiger partial charge in [-0.05, 0) is 48.4 Å². The maximum Gasteiger partial charge on any atom is 0.228 e. The first-order valence-electron chi connectivity index (χ1n) is 7.94. The minimum absolute atomic E-state index is 0.0283. The molecule has 0 aliphatic heterocycles. The summed E-state index contributed by atoms with van der Waals surface area (Å²) in [6.45, 7) is 3.23. The molecule has 0 radical (unpaired) electrons. The van der Waals surface area contributed by atoms with Gasteiger partial charge in [0.25, 0.3) is 0 Å². The van der Waals surface area contributed by atoms with E-state index >= 15 is 0 Å². The molecule has 3 nitrogen and oxygen atoms in total. The summed E-state index contributed by atoms with van der Waals surface area (Å²) in [5, 5.41) is 3.60. The lowest BCUT2D eigenvalue weighted by molar-refractivity contribution is -0.115. The Balaban J connectivity index is 1.89. The van der Waals surface area contributed by atoms with E-state index in [0.29, 0.717) is 11.4 Å². The second-order valence-electron chi connectivity index (χ2n) is 5.67. The average molecular weight is 331 g/mol. The number of anilines is 2. The minimum Gasteiger partial charge on any atom is -0.375 e. The van der Waals surface area contributed by atoms with Crippen LogP contribution in [-0.2, 0) is 11.2 Å². The van der Waals surface area contributed by atoms with Crippen LogP contribution in [0.4, 0.5) is 11.4 Å². The molecular formula is C19H23ClN2O. The number of rotatable bonds is 7. The number of nitrogens with zero attached hydrogens (tertiary/aromatic N) is 1. The van der Waals surface area contributed by atoms with Gasteiger partial charge in [-0.15, -0.1) is 0 Å². The zero-order valence-electron chi connectivity index (χ0n) is 13.7. The van der Waals surface area contributed by atoms with Gasteiger partial charge >= 0.3 is 0 Å². The van der Waals surface area contributed by atoms with Gasteiger partial charge in [0.15, 0.2) is 0 Å². The van der Waals surface area contributed by atoms with Crippen LogP contribution in [0.15, 0.2) is 48.5 Å². The fourth-order valence-corrected chi connectivity index (χ4v) is 2.44. The first kappa shape index (κ1) is 17.4. The molecule has 4 heteroatoms. The van der Waals surface area contributed by atoms with Gasteiger partial charge in [0.05, 0.1) is 6.42 Å². The molecule has 122 valence electrons. The number of carbonyl (C=O) groups excluding carboxylic acids is 1. The molecule has 23 heavy (non-hydrogen) atoms. The minimum atomic E-state index is -0.0283.